The fourth-order valence-electron chi connectivity index (χ4n) is 4.47. The van der Waals surface area contributed by atoms with Gasteiger partial charge in [0, 0.05) is 75.7 Å². The first kappa shape index (κ1) is 26.5. The highest BCUT2D eigenvalue weighted by atomic mass is 32.1. The Morgan fingerprint density at radius 2 is 1.90 bits per heavy atom. The number of aromatic nitrogens is 4. The molecule has 2 amide bonds. The number of fused-ring (bicyclic) bond motifs is 1. The Kier molecular flexibility index (Phi) is 7.19. The van der Waals surface area contributed by atoms with Crippen LogP contribution in [0.2, 0.25) is 0 Å². The molecule has 0 aliphatic carbocycles. The maximum atomic E-state index is 13.9. The normalized spacial score (nSPS) is 14.2. The summed E-state index contributed by atoms with van der Waals surface area (Å²) < 4.78 is 16.7. The Labute approximate surface area is 227 Å². The number of hydrogen-bond donors (Lipinski definition) is 1. The van der Waals surface area contributed by atoms with Gasteiger partial charge in [0.15, 0.2) is 5.69 Å². The maximum absolute atomic E-state index is 13.9. The van der Waals surface area contributed by atoms with Crippen LogP contribution in [-0.2, 0) is 17.8 Å². The van der Waals surface area contributed by atoms with Crippen LogP contribution in [0.15, 0.2) is 41.6 Å². The van der Waals surface area contributed by atoms with Crippen LogP contribution in [0.1, 0.15) is 20.8 Å². The third kappa shape index (κ3) is 5.27. The van der Waals surface area contributed by atoms with E-state index < -0.39 is 17.1 Å². The summed E-state index contributed by atoms with van der Waals surface area (Å²) >= 11 is 1.20. The summed E-state index contributed by atoms with van der Waals surface area (Å²) in [5, 5.41) is 11.0. The molecule has 5 rings (SSSR count). The van der Waals surface area contributed by atoms with Crippen molar-refractivity contribution >= 4 is 28.9 Å². The van der Waals surface area contributed by atoms with Crippen LogP contribution in [0.25, 0.3) is 16.5 Å². The third-order valence-electron chi connectivity index (χ3n) is 6.72. The average Bonchev–Trinajstić information content (AvgIpc) is 3.54. The molecule has 4 heterocycles. The van der Waals surface area contributed by atoms with Gasteiger partial charge in [-0.15, -0.1) is 11.3 Å². The minimum absolute atomic E-state index is 0.00643. The van der Waals surface area contributed by atoms with Crippen LogP contribution in [0.5, 0.6) is 5.75 Å². The van der Waals surface area contributed by atoms with Gasteiger partial charge in [0.05, 0.1) is 0 Å². The lowest BCUT2D eigenvalue weighted by Crippen LogP contribution is -2.48. The highest BCUT2D eigenvalue weighted by Gasteiger charge is 2.23. The molecule has 0 atom stereocenters. The number of thiazole rings is 1. The van der Waals surface area contributed by atoms with E-state index in [0.717, 1.165) is 18.0 Å². The lowest BCUT2D eigenvalue weighted by atomic mass is 10.0. The number of piperazine rings is 1. The summed E-state index contributed by atoms with van der Waals surface area (Å²) in [4.78, 5) is 53.3. The molecule has 0 radical (unpaired) electrons. The van der Waals surface area contributed by atoms with Crippen molar-refractivity contribution in [3.63, 3.8) is 0 Å². The van der Waals surface area contributed by atoms with Crippen molar-refractivity contribution in [2.75, 3.05) is 47.3 Å². The highest BCUT2D eigenvalue weighted by molar-refractivity contribution is 7.15. The number of aromatic hydroxyl groups is 1. The minimum Gasteiger partial charge on any atom is -0.501 e. The SMILES string of the molecule is CN1CCN(C(=O)Cn2ccn3c(=O)c(O)c(-c4ncc(Cc5ccc(F)cc5C(=O)N(C)C)s4)nc23)CC1. The number of likely N-dealkylation sites (N-methyl/N-ethyl adjacent to an activating group) is 1. The fraction of sp³-hybridized carbons (Fsp3) is 0.346. The standard InChI is InChI=1S/C26H28FN7O4S/c1-30(2)24(37)19-13-17(27)5-4-16(19)12-18-14-28-23(39-18)21-22(36)25(38)34-11-10-33(26(34)29-21)15-20(35)32-8-6-31(3)7-9-32/h4-5,10-11,13-14,36H,6-9,12,15H2,1-3H3. The lowest BCUT2D eigenvalue weighted by Gasteiger charge is -2.32. The van der Waals surface area contributed by atoms with Crippen LogP contribution in [0.4, 0.5) is 4.39 Å². The molecule has 13 heteroatoms. The van der Waals surface area contributed by atoms with E-state index >= 15 is 0 Å². The second-order valence-corrected chi connectivity index (χ2v) is 10.8. The number of nitrogens with zero attached hydrogens (tertiary/aromatic N) is 7. The predicted octanol–water partition coefficient (Wildman–Crippen LogP) is 1.53. The van der Waals surface area contributed by atoms with E-state index in [4.69, 9.17) is 0 Å². The third-order valence-corrected chi connectivity index (χ3v) is 7.72. The molecule has 1 aliphatic heterocycles. The van der Waals surface area contributed by atoms with Crippen molar-refractivity contribution in [1.82, 2.24) is 33.6 Å². The Bertz CT molecular complexity index is 1620. The van der Waals surface area contributed by atoms with Gasteiger partial charge in [-0.2, -0.15) is 0 Å². The highest BCUT2D eigenvalue weighted by Crippen LogP contribution is 2.31. The molecular weight excluding hydrogens is 525 g/mol. The molecule has 0 spiro atoms. The largest absolute Gasteiger partial charge is 0.501 e. The molecule has 0 bridgehead atoms. The number of carbonyl (C=O) groups excluding carboxylic acids is 2. The number of imidazole rings is 1. The minimum atomic E-state index is -0.671. The van der Waals surface area contributed by atoms with Crippen LogP contribution < -0.4 is 5.56 Å². The molecule has 1 aliphatic rings. The molecule has 4 aromatic rings. The Balaban J connectivity index is 1.44. The summed E-state index contributed by atoms with van der Waals surface area (Å²) in [5.41, 5.74) is 0.203. The molecule has 204 valence electrons. The molecule has 3 aromatic heterocycles. The zero-order chi connectivity index (χ0) is 27.8. The zero-order valence-corrected chi connectivity index (χ0v) is 22.6. The first-order valence-corrected chi connectivity index (χ1v) is 13.2. The zero-order valence-electron chi connectivity index (χ0n) is 21.8. The molecule has 11 nitrogen and oxygen atoms in total. The molecular formula is C26H28FN7O4S. The van der Waals surface area contributed by atoms with E-state index in [0.29, 0.717) is 30.1 Å². The second kappa shape index (κ2) is 10.6. The van der Waals surface area contributed by atoms with E-state index in [1.807, 2.05) is 7.05 Å². The van der Waals surface area contributed by atoms with E-state index in [9.17, 15) is 23.9 Å². The van der Waals surface area contributed by atoms with Crippen LogP contribution in [-0.4, -0.2) is 97.9 Å². The van der Waals surface area contributed by atoms with Gasteiger partial charge in [0.25, 0.3) is 5.91 Å². The number of benzene rings is 1. The van der Waals surface area contributed by atoms with Crippen molar-refractivity contribution in [2.24, 2.45) is 0 Å². The van der Waals surface area contributed by atoms with Gasteiger partial charge in [-0.05, 0) is 24.7 Å². The second-order valence-electron chi connectivity index (χ2n) is 9.70. The monoisotopic (exact) mass is 553 g/mol. The van der Waals surface area contributed by atoms with Crippen molar-refractivity contribution in [3.05, 3.63) is 69.0 Å². The smallest absolute Gasteiger partial charge is 0.302 e. The van der Waals surface area contributed by atoms with Crippen molar-refractivity contribution in [1.29, 1.82) is 0 Å². The quantitative estimate of drug-likeness (QED) is 0.385. The number of halogens is 1. The van der Waals surface area contributed by atoms with Gasteiger partial charge >= 0.3 is 5.56 Å². The molecule has 1 aromatic carbocycles. The van der Waals surface area contributed by atoms with Crippen LogP contribution >= 0.6 is 11.3 Å². The average molecular weight is 554 g/mol. The van der Waals surface area contributed by atoms with Gasteiger partial charge < -0.3 is 24.4 Å². The number of amides is 2. The van der Waals surface area contributed by atoms with Gasteiger partial charge in [-0.25, -0.2) is 18.8 Å². The summed E-state index contributed by atoms with van der Waals surface area (Å²) in [7, 11) is 5.20. The Hall–Kier alpha value is -4.10. The molecule has 1 fully saturated rings. The molecule has 1 N–H and O–H groups in total. The summed E-state index contributed by atoms with van der Waals surface area (Å²) in [6, 6.07) is 4.06. The topological polar surface area (TPSA) is 116 Å². The van der Waals surface area contributed by atoms with Crippen LogP contribution in [0.3, 0.4) is 0 Å². The Morgan fingerprint density at radius 1 is 1.15 bits per heavy atom. The van der Waals surface area contributed by atoms with Crippen molar-refractivity contribution in [2.45, 2.75) is 13.0 Å². The fourth-order valence-corrected chi connectivity index (χ4v) is 5.39. The van der Waals surface area contributed by atoms with E-state index in [-0.39, 0.29) is 35.4 Å². The summed E-state index contributed by atoms with van der Waals surface area (Å²) in [6.07, 6.45) is 4.93. The van der Waals surface area contributed by atoms with Gasteiger partial charge in [-0.1, -0.05) is 6.07 Å². The molecule has 39 heavy (non-hydrogen) atoms. The molecule has 0 unspecified atom stereocenters. The van der Waals surface area contributed by atoms with Gasteiger partial charge in [0.1, 0.15) is 17.4 Å². The van der Waals surface area contributed by atoms with E-state index in [1.54, 1.807) is 42.0 Å². The maximum Gasteiger partial charge on any atom is 0.302 e. The van der Waals surface area contributed by atoms with Crippen molar-refractivity contribution in [3.8, 4) is 16.5 Å². The number of carbonyl (C=O) groups is 2. The van der Waals surface area contributed by atoms with E-state index in [2.05, 4.69) is 14.9 Å². The predicted molar refractivity (Wildman–Crippen MR) is 144 cm³/mol. The summed E-state index contributed by atoms with van der Waals surface area (Å²) in [5.74, 6) is -1.25. The van der Waals surface area contributed by atoms with Crippen LogP contribution in [0, 0.1) is 5.82 Å². The van der Waals surface area contributed by atoms with Gasteiger partial charge in [0.2, 0.25) is 17.4 Å². The lowest BCUT2D eigenvalue weighted by molar-refractivity contribution is -0.133. The number of hydrogen-bond acceptors (Lipinski definition) is 8. The first-order chi connectivity index (χ1) is 18.6. The first-order valence-electron chi connectivity index (χ1n) is 12.3. The van der Waals surface area contributed by atoms with Crippen molar-refractivity contribution < 1.29 is 19.1 Å². The molecule has 0 saturated carbocycles. The number of rotatable bonds is 6. The summed E-state index contributed by atoms with van der Waals surface area (Å²) in [6.45, 7) is 2.86. The van der Waals surface area contributed by atoms with E-state index in [1.165, 1.54) is 39.0 Å². The molecule has 1 saturated heterocycles. The van der Waals surface area contributed by atoms with Gasteiger partial charge in [-0.3, -0.25) is 14.4 Å². The Morgan fingerprint density at radius 3 is 2.62 bits per heavy atom.